The van der Waals surface area contributed by atoms with E-state index in [2.05, 4.69) is 31.9 Å². The van der Waals surface area contributed by atoms with E-state index < -0.39 is 11.9 Å². The third kappa shape index (κ3) is 8.18. The molecule has 0 radical (unpaired) electrons. The minimum Gasteiger partial charge on any atom is -0.465 e. The Hall–Kier alpha value is -2.80. The molecule has 0 unspecified atom stereocenters. The van der Waals surface area contributed by atoms with Crippen LogP contribution in [0.2, 0.25) is 0 Å². The topological polar surface area (TPSA) is 59.1 Å². The van der Waals surface area contributed by atoms with Crippen molar-refractivity contribution in [2.75, 3.05) is 34.9 Å². The van der Waals surface area contributed by atoms with Crippen molar-refractivity contribution in [3.8, 4) is 0 Å². The number of nitrogens with zero attached hydrogens (tertiary/aromatic N) is 2. The highest BCUT2D eigenvalue weighted by molar-refractivity contribution is 9.10. The number of ether oxygens (including phenoxy) is 2. The van der Waals surface area contributed by atoms with Crippen LogP contribution in [0.4, 0.5) is 20.2 Å². The second kappa shape index (κ2) is 15.1. The fourth-order valence-corrected chi connectivity index (χ4v) is 7.04. The lowest BCUT2D eigenvalue weighted by Crippen LogP contribution is -2.27. The zero-order valence-electron chi connectivity index (χ0n) is 22.6. The third-order valence-corrected chi connectivity index (χ3v) is 9.81. The molecule has 0 amide bonds. The Morgan fingerprint density at radius 2 is 1.10 bits per heavy atom. The van der Waals surface area contributed by atoms with Crippen molar-refractivity contribution in [2.45, 2.75) is 23.6 Å². The van der Waals surface area contributed by atoms with E-state index in [1.165, 1.54) is 48.2 Å². The van der Waals surface area contributed by atoms with Crippen LogP contribution in [-0.2, 0) is 19.1 Å². The van der Waals surface area contributed by atoms with Crippen molar-refractivity contribution in [2.24, 2.45) is 0 Å². The summed E-state index contributed by atoms with van der Waals surface area (Å²) in [6.07, 6.45) is 0. The van der Waals surface area contributed by atoms with Gasteiger partial charge in [-0.25, -0.2) is 8.78 Å². The fraction of sp³-hybridized carbons (Fsp3) is 0.200. The van der Waals surface area contributed by atoms with Gasteiger partial charge in [0.15, 0.2) is 0 Å². The molecule has 4 aromatic rings. The fourth-order valence-electron chi connectivity index (χ4n) is 4.02. The Kier molecular flexibility index (Phi) is 11.5. The molecule has 0 aliphatic rings. The van der Waals surface area contributed by atoms with E-state index in [1.807, 2.05) is 36.4 Å². The molecule has 42 heavy (non-hydrogen) atoms. The molecule has 0 spiro atoms. The Morgan fingerprint density at radius 3 is 1.45 bits per heavy atom. The number of esters is 2. The standard InChI is InChI=1S/C30H26Br2F2N2O4S2/c1-3-39-29(37)17-35(41-27-13-9-19(33)15-23(27)31)25-11-12-26(22-8-6-5-7-21(22)25)36(18-30(38)40-4-2)42-28-14-10-20(34)16-24(28)32/h5-16H,3-4,17-18H2,1-2H3. The number of rotatable bonds is 12. The van der Waals surface area contributed by atoms with Crippen molar-refractivity contribution < 1.29 is 27.8 Å². The lowest BCUT2D eigenvalue weighted by Gasteiger charge is -2.28. The lowest BCUT2D eigenvalue weighted by molar-refractivity contribution is -0.142. The van der Waals surface area contributed by atoms with E-state index in [1.54, 1.807) is 34.6 Å². The summed E-state index contributed by atoms with van der Waals surface area (Å²) in [4.78, 5) is 26.7. The maximum Gasteiger partial charge on any atom is 0.326 e. The van der Waals surface area contributed by atoms with Crippen molar-refractivity contribution in [1.82, 2.24) is 0 Å². The SMILES string of the molecule is CCOC(=O)CN(Sc1ccc(F)cc1Br)c1ccc(N(CC(=O)OCC)Sc2ccc(F)cc2Br)c2ccccc12. The summed E-state index contributed by atoms with van der Waals surface area (Å²) in [7, 11) is 0. The molecule has 12 heteroatoms. The summed E-state index contributed by atoms with van der Waals surface area (Å²) in [5.74, 6) is -1.61. The number of benzene rings is 4. The number of carbonyl (C=O) groups is 2. The van der Waals surface area contributed by atoms with Gasteiger partial charge in [0, 0.05) is 29.5 Å². The maximum absolute atomic E-state index is 13.8. The first-order valence-corrected chi connectivity index (χ1v) is 16.0. The highest BCUT2D eigenvalue weighted by atomic mass is 79.9. The molecule has 220 valence electrons. The van der Waals surface area contributed by atoms with E-state index in [0.29, 0.717) is 30.1 Å². The van der Waals surface area contributed by atoms with Gasteiger partial charge in [0.25, 0.3) is 0 Å². The van der Waals surface area contributed by atoms with E-state index in [9.17, 15) is 18.4 Å². The highest BCUT2D eigenvalue weighted by Crippen LogP contribution is 2.43. The minimum absolute atomic E-state index is 0.0739. The quantitative estimate of drug-likeness (QED) is 0.106. The Morgan fingerprint density at radius 1 is 0.690 bits per heavy atom. The average Bonchev–Trinajstić information content (AvgIpc) is 2.95. The van der Waals surface area contributed by atoms with Crippen molar-refractivity contribution >= 4 is 89.8 Å². The zero-order valence-corrected chi connectivity index (χ0v) is 27.4. The molecule has 0 bridgehead atoms. The van der Waals surface area contributed by atoms with E-state index in [0.717, 1.165) is 10.8 Å². The number of anilines is 2. The van der Waals surface area contributed by atoms with Crippen LogP contribution in [0, 0.1) is 11.6 Å². The molecule has 4 rings (SSSR count). The van der Waals surface area contributed by atoms with Crippen LogP contribution in [0.25, 0.3) is 10.8 Å². The molecule has 4 aromatic carbocycles. The van der Waals surface area contributed by atoms with Gasteiger partial charge in [-0.05, 0) is 118 Å². The van der Waals surface area contributed by atoms with Crippen LogP contribution in [0.3, 0.4) is 0 Å². The number of hydrogen-bond donors (Lipinski definition) is 0. The lowest BCUT2D eigenvalue weighted by atomic mass is 10.1. The first kappa shape index (κ1) is 32.1. The van der Waals surface area contributed by atoms with Crippen LogP contribution >= 0.6 is 55.8 Å². The van der Waals surface area contributed by atoms with E-state index in [-0.39, 0.29) is 37.9 Å². The molecule has 0 heterocycles. The zero-order chi connectivity index (χ0) is 30.2. The van der Waals surface area contributed by atoms with E-state index >= 15 is 0 Å². The van der Waals surface area contributed by atoms with Crippen LogP contribution in [-0.4, -0.2) is 38.2 Å². The molecule has 6 nitrogen and oxygen atoms in total. The van der Waals surface area contributed by atoms with Gasteiger partial charge in [0.2, 0.25) is 0 Å². The van der Waals surface area contributed by atoms with Gasteiger partial charge < -0.3 is 18.1 Å². The summed E-state index contributed by atoms with van der Waals surface area (Å²) < 4.78 is 42.8. The number of carbonyl (C=O) groups excluding carboxylic acids is 2. The molecule has 0 atom stereocenters. The first-order chi connectivity index (χ1) is 20.2. The Labute approximate surface area is 268 Å². The van der Waals surface area contributed by atoms with Gasteiger partial charge in [-0.3, -0.25) is 9.59 Å². The van der Waals surface area contributed by atoms with Gasteiger partial charge in [0.05, 0.1) is 24.6 Å². The second-order valence-electron chi connectivity index (χ2n) is 8.66. The smallest absolute Gasteiger partial charge is 0.326 e. The molecule has 0 saturated heterocycles. The number of halogens is 4. The van der Waals surface area contributed by atoms with Crippen LogP contribution in [0.1, 0.15) is 13.8 Å². The molecule has 0 N–H and O–H groups in total. The normalized spacial score (nSPS) is 10.9. The second-order valence-corrected chi connectivity index (χ2v) is 12.5. The number of fused-ring (bicyclic) bond motifs is 1. The van der Waals surface area contributed by atoms with Crippen LogP contribution < -0.4 is 8.61 Å². The minimum atomic E-state index is -0.419. The summed E-state index contributed by atoms with van der Waals surface area (Å²) in [6, 6.07) is 20.1. The molecule has 0 aliphatic carbocycles. The van der Waals surface area contributed by atoms with Crippen LogP contribution in [0.15, 0.2) is 91.5 Å². The summed E-state index contributed by atoms with van der Waals surface area (Å²) in [5, 5.41) is 1.61. The van der Waals surface area contributed by atoms with Gasteiger partial charge in [-0.2, -0.15) is 0 Å². The van der Waals surface area contributed by atoms with Crippen molar-refractivity contribution in [3.63, 3.8) is 0 Å². The molecular formula is C30H26Br2F2N2O4S2. The molecular weight excluding hydrogens is 714 g/mol. The molecule has 0 fully saturated rings. The van der Waals surface area contributed by atoms with E-state index in [4.69, 9.17) is 9.47 Å². The highest BCUT2D eigenvalue weighted by Gasteiger charge is 2.23. The number of hydrogen-bond acceptors (Lipinski definition) is 8. The molecule has 0 saturated carbocycles. The van der Waals surface area contributed by atoms with Crippen LogP contribution in [0.5, 0.6) is 0 Å². The van der Waals surface area contributed by atoms with Gasteiger partial charge in [-0.1, -0.05) is 24.3 Å². The summed E-state index contributed by atoms with van der Waals surface area (Å²) in [5.41, 5.74) is 1.43. The molecule has 0 aliphatic heterocycles. The maximum atomic E-state index is 13.8. The Balaban J connectivity index is 1.81. The van der Waals surface area contributed by atoms with Gasteiger partial charge in [-0.15, -0.1) is 0 Å². The van der Waals surface area contributed by atoms with Gasteiger partial charge >= 0.3 is 11.9 Å². The molecule has 0 aromatic heterocycles. The predicted molar refractivity (Wildman–Crippen MR) is 172 cm³/mol. The monoisotopic (exact) mass is 738 g/mol. The Bertz CT molecular complexity index is 1480. The summed E-state index contributed by atoms with van der Waals surface area (Å²) in [6.45, 7) is 3.80. The third-order valence-electron chi connectivity index (χ3n) is 5.78. The first-order valence-electron chi connectivity index (χ1n) is 12.8. The predicted octanol–water partition coefficient (Wildman–Crippen LogP) is 8.80. The largest absolute Gasteiger partial charge is 0.465 e. The average molecular weight is 740 g/mol. The van der Waals surface area contributed by atoms with Gasteiger partial charge in [0.1, 0.15) is 24.7 Å². The summed E-state index contributed by atoms with van der Waals surface area (Å²) >= 11 is 9.37. The van der Waals surface area contributed by atoms with Crippen molar-refractivity contribution in [3.05, 3.63) is 93.4 Å². The van der Waals surface area contributed by atoms with Crippen molar-refractivity contribution in [1.29, 1.82) is 0 Å².